The predicted molar refractivity (Wildman–Crippen MR) is 101 cm³/mol. The van der Waals surface area contributed by atoms with Crippen LogP contribution < -0.4 is 4.90 Å². The van der Waals surface area contributed by atoms with Crippen molar-refractivity contribution in [2.45, 2.75) is 0 Å². The first-order chi connectivity index (χ1) is 12.3. The number of hydrogen-bond donors (Lipinski definition) is 0. The van der Waals surface area contributed by atoms with E-state index in [0.717, 1.165) is 16.6 Å². The summed E-state index contributed by atoms with van der Waals surface area (Å²) in [5.41, 5.74) is 2.28. The number of nitrogens with zero attached hydrogens (tertiary/aromatic N) is 2. The molecule has 0 aliphatic rings. The molecule has 1 heterocycles. The van der Waals surface area contributed by atoms with Crippen molar-refractivity contribution < 1.29 is 4.79 Å². The van der Waals surface area contributed by atoms with Crippen LogP contribution in [0.15, 0.2) is 97.1 Å². The quantitative estimate of drug-likeness (QED) is 0.518. The highest BCUT2D eigenvalue weighted by molar-refractivity contribution is 6.10. The number of fused-ring (bicyclic) bond motifs is 1. The number of benzene rings is 3. The van der Waals surface area contributed by atoms with E-state index in [0.29, 0.717) is 11.4 Å². The van der Waals surface area contributed by atoms with Crippen molar-refractivity contribution >= 4 is 28.3 Å². The van der Waals surface area contributed by atoms with Crippen molar-refractivity contribution in [2.75, 3.05) is 4.90 Å². The van der Waals surface area contributed by atoms with Gasteiger partial charge in [-0.05, 0) is 42.5 Å². The Bertz CT molecular complexity index is 1010. The molecule has 0 spiro atoms. The van der Waals surface area contributed by atoms with Gasteiger partial charge >= 0.3 is 0 Å². The number of anilines is 2. The Hall–Kier alpha value is -3.46. The van der Waals surface area contributed by atoms with Crippen molar-refractivity contribution in [3.05, 3.63) is 103 Å². The van der Waals surface area contributed by atoms with Gasteiger partial charge in [-0.1, -0.05) is 54.6 Å². The van der Waals surface area contributed by atoms with Crippen LogP contribution in [0.4, 0.5) is 11.5 Å². The zero-order chi connectivity index (χ0) is 17.1. The number of carbonyl (C=O) groups excluding carboxylic acids is 1. The molecule has 0 unspecified atom stereocenters. The second kappa shape index (κ2) is 6.57. The van der Waals surface area contributed by atoms with Crippen LogP contribution in [0.5, 0.6) is 0 Å². The lowest BCUT2D eigenvalue weighted by molar-refractivity contribution is 0.0998. The smallest absolute Gasteiger partial charge is 0.264 e. The second-order valence-electron chi connectivity index (χ2n) is 5.70. The first kappa shape index (κ1) is 15.1. The molecular weight excluding hydrogens is 308 g/mol. The first-order valence-corrected chi connectivity index (χ1v) is 8.13. The third-order valence-corrected chi connectivity index (χ3v) is 4.05. The van der Waals surface area contributed by atoms with Crippen LogP contribution in [-0.4, -0.2) is 10.9 Å². The lowest BCUT2D eigenvalue weighted by Gasteiger charge is -2.22. The number of pyridine rings is 1. The van der Waals surface area contributed by atoms with Gasteiger partial charge in [0.1, 0.15) is 5.82 Å². The van der Waals surface area contributed by atoms with E-state index in [2.05, 4.69) is 0 Å². The Kier molecular flexibility index (Phi) is 3.97. The van der Waals surface area contributed by atoms with Gasteiger partial charge in [0.05, 0.1) is 11.2 Å². The summed E-state index contributed by atoms with van der Waals surface area (Å²) in [7, 11) is 0. The fourth-order valence-corrected chi connectivity index (χ4v) is 2.82. The molecule has 0 saturated heterocycles. The van der Waals surface area contributed by atoms with E-state index < -0.39 is 0 Å². The van der Waals surface area contributed by atoms with E-state index in [9.17, 15) is 4.79 Å². The molecule has 120 valence electrons. The fourth-order valence-electron chi connectivity index (χ4n) is 2.82. The minimum absolute atomic E-state index is 0.102. The molecule has 4 rings (SSSR count). The van der Waals surface area contributed by atoms with Gasteiger partial charge in [-0.15, -0.1) is 0 Å². The van der Waals surface area contributed by atoms with Gasteiger partial charge < -0.3 is 0 Å². The van der Waals surface area contributed by atoms with E-state index >= 15 is 0 Å². The largest absolute Gasteiger partial charge is 0.268 e. The van der Waals surface area contributed by atoms with Gasteiger partial charge in [-0.2, -0.15) is 0 Å². The third kappa shape index (κ3) is 3.00. The Labute approximate surface area is 146 Å². The maximum absolute atomic E-state index is 13.2. The molecule has 0 N–H and O–H groups in total. The summed E-state index contributed by atoms with van der Waals surface area (Å²) in [6, 6.07) is 30.6. The standard InChI is InChI=1S/C22H16N2O/c25-22(18-10-3-1-4-11-18)24(19-12-5-2-6-13-19)21-16-15-17-9-7-8-14-20(17)23-21/h1-16H. The lowest BCUT2D eigenvalue weighted by Crippen LogP contribution is -2.26. The van der Waals surface area contributed by atoms with Gasteiger partial charge in [0.15, 0.2) is 0 Å². The van der Waals surface area contributed by atoms with Gasteiger partial charge in [-0.3, -0.25) is 9.69 Å². The van der Waals surface area contributed by atoms with Gasteiger partial charge in [0, 0.05) is 10.9 Å². The molecule has 0 atom stereocenters. The van der Waals surface area contributed by atoms with Gasteiger partial charge in [-0.25, -0.2) is 4.98 Å². The van der Waals surface area contributed by atoms with Gasteiger partial charge in [0.2, 0.25) is 0 Å². The molecule has 0 aliphatic carbocycles. The molecule has 0 fully saturated rings. The predicted octanol–water partition coefficient (Wildman–Crippen LogP) is 5.21. The molecule has 3 nitrogen and oxygen atoms in total. The molecule has 0 saturated carbocycles. The highest BCUT2D eigenvalue weighted by Gasteiger charge is 2.20. The lowest BCUT2D eigenvalue weighted by atomic mass is 10.1. The van der Waals surface area contributed by atoms with Crippen LogP contribution in [0.2, 0.25) is 0 Å². The van der Waals surface area contributed by atoms with Gasteiger partial charge in [0.25, 0.3) is 5.91 Å². The molecule has 0 bridgehead atoms. The molecule has 25 heavy (non-hydrogen) atoms. The molecule has 1 aromatic heterocycles. The summed E-state index contributed by atoms with van der Waals surface area (Å²) in [6.07, 6.45) is 0. The Morgan fingerprint density at radius 3 is 2.08 bits per heavy atom. The summed E-state index contributed by atoms with van der Waals surface area (Å²) in [5.74, 6) is 0.508. The molecule has 3 aromatic carbocycles. The maximum Gasteiger partial charge on any atom is 0.264 e. The Balaban J connectivity index is 1.86. The first-order valence-electron chi connectivity index (χ1n) is 8.13. The summed E-state index contributed by atoms with van der Waals surface area (Å²) < 4.78 is 0. The number of amides is 1. The number of aromatic nitrogens is 1. The van der Waals surface area contributed by atoms with E-state index in [1.165, 1.54) is 0 Å². The van der Waals surface area contributed by atoms with Crippen molar-refractivity contribution in [3.63, 3.8) is 0 Å². The monoisotopic (exact) mass is 324 g/mol. The third-order valence-electron chi connectivity index (χ3n) is 4.05. The summed E-state index contributed by atoms with van der Waals surface area (Å²) in [4.78, 5) is 19.5. The normalized spacial score (nSPS) is 10.6. The van der Waals surface area contributed by atoms with Crippen LogP contribution in [0.1, 0.15) is 10.4 Å². The van der Waals surface area contributed by atoms with Crippen LogP contribution in [0, 0.1) is 0 Å². The van der Waals surface area contributed by atoms with Crippen LogP contribution in [0.3, 0.4) is 0 Å². The molecule has 0 radical (unpaired) electrons. The molecule has 0 aliphatic heterocycles. The van der Waals surface area contributed by atoms with Crippen LogP contribution in [-0.2, 0) is 0 Å². The zero-order valence-electron chi connectivity index (χ0n) is 13.5. The fraction of sp³-hybridized carbons (Fsp3) is 0. The number of hydrogen-bond acceptors (Lipinski definition) is 2. The average Bonchev–Trinajstić information content (AvgIpc) is 2.69. The maximum atomic E-state index is 13.2. The highest BCUT2D eigenvalue weighted by atomic mass is 16.2. The van der Waals surface area contributed by atoms with E-state index in [4.69, 9.17) is 4.98 Å². The minimum Gasteiger partial charge on any atom is -0.268 e. The zero-order valence-corrected chi connectivity index (χ0v) is 13.5. The van der Waals surface area contributed by atoms with E-state index in [-0.39, 0.29) is 5.91 Å². The molecule has 4 aromatic rings. The van der Waals surface area contributed by atoms with Crippen molar-refractivity contribution in [1.82, 2.24) is 4.98 Å². The van der Waals surface area contributed by atoms with Crippen molar-refractivity contribution in [2.24, 2.45) is 0 Å². The van der Waals surface area contributed by atoms with Crippen LogP contribution in [0.25, 0.3) is 10.9 Å². The number of carbonyl (C=O) groups is 1. The molecular formula is C22H16N2O. The molecule has 3 heteroatoms. The summed E-state index contributed by atoms with van der Waals surface area (Å²) >= 11 is 0. The highest BCUT2D eigenvalue weighted by Crippen LogP contribution is 2.27. The number of para-hydroxylation sites is 2. The topological polar surface area (TPSA) is 33.2 Å². The Morgan fingerprint density at radius 2 is 1.32 bits per heavy atom. The summed E-state index contributed by atoms with van der Waals surface area (Å²) in [6.45, 7) is 0. The second-order valence-corrected chi connectivity index (χ2v) is 5.70. The van der Waals surface area contributed by atoms with E-state index in [1.807, 2.05) is 97.1 Å². The van der Waals surface area contributed by atoms with E-state index in [1.54, 1.807) is 4.90 Å². The molecule has 1 amide bonds. The Morgan fingerprint density at radius 1 is 0.680 bits per heavy atom. The van der Waals surface area contributed by atoms with Crippen molar-refractivity contribution in [1.29, 1.82) is 0 Å². The van der Waals surface area contributed by atoms with Crippen LogP contribution >= 0.6 is 0 Å². The minimum atomic E-state index is -0.102. The average molecular weight is 324 g/mol. The number of rotatable bonds is 3. The van der Waals surface area contributed by atoms with Crippen molar-refractivity contribution in [3.8, 4) is 0 Å². The SMILES string of the molecule is O=C(c1ccccc1)N(c1ccccc1)c1ccc2ccccc2n1. The summed E-state index contributed by atoms with van der Waals surface area (Å²) in [5, 5.41) is 1.05.